The molecule has 0 N–H and O–H groups in total. The summed E-state index contributed by atoms with van der Waals surface area (Å²) in [6, 6.07) is 20.4. The third kappa shape index (κ3) is 4.46. The molecule has 0 bridgehead atoms. The van der Waals surface area contributed by atoms with Crippen molar-refractivity contribution in [3.8, 4) is 0 Å². The molecule has 0 aliphatic carbocycles. The monoisotopic (exact) mass is 366 g/mol. The largest absolute Gasteiger partial charge is 0.357 e. The molecule has 2 aromatic carbocycles. The number of ether oxygens (including phenoxy) is 1. The second kappa shape index (κ2) is 8.79. The fraction of sp³-hybridized carbons (Fsp3) is 0.435. The Morgan fingerprint density at radius 3 is 2.33 bits per heavy atom. The van der Waals surface area contributed by atoms with Crippen LogP contribution in [0.2, 0.25) is 0 Å². The molecule has 2 unspecified atom stereocenters. The zero-order valence-corrected chi connectivity index (χ0v) is 16.6. The number of ketones is 1. The van der Waals surface area contributed by atoms with Crippen molar-refractivity contribution in [2.45, 2.75) is 31.5 Å². The van der Waals surface area contributed by atoms with Crippen molar-refractivity contribution in [2.24, 2.45) is 0 Å². The first kappa shape index (κ1) is 19.7. The molecule has 4 heteroatoms. The molecular weight excluding hydrogens is 336 g/mol. The van der Waals surface area contributed by atoms with Crippen LogP contribution in [0, 0.1) is 0 Å². The number of nitrogens with zero attached hydrogens (tertiary/aromatic N) is 2. The molecular formula is C23H30N2O2. The van der Waals surface area contributed by atoms with Crippen LogP contribution in [0.1, 0.15) is 30.5 Å². The molecule has 1 saturated heterocycles. The maximum absolute atomic E-state index is 12.9. The molecule has 2 aromatic rings. The highest BCUT2D eigenvalue weighted by Crippen LogP contribution is 2.32. The molecule has 1 heterocycles. The van der Waals surface area contributed by atoms with Crippen LogP contribution in [-0.4, -0.2) is 55.1 Å². The minimum atomic E-state index is -0.444. The standard InChI is InChI=1S/C23H30N2O2/c1-4-21(26)22(20-13-9-6-10-14-20)25-15-16-27-23(18-25,24(2)3)17-19-11-7-5-8-12-19/h5-14,22H,4,15-18H2,1-3H3. The lowest BCUT2D eigenvalue weighted by Crippen LogP contribution is -2.61. The van der Waals surface area contributed by atoms with Crippen molar-refractivity contribution < 1.29 is 9.53 Å². The van der Waals surface area contributed by atoms with Gasteiger partial charge in [0, 0.05) is 25.9 Å². The van der Waals surface area contributed by atoms with Crippen LogP contribution < -0.4 is 0 Å². The fourth-order valence-electron chi connectivity index (χ4n) is 3.89. The predicted octanol–water partition coefficient (Wildman–Crippen LogP) is 3.54. The van der Waals surface area contributed by atoms with Gasteiger partial charge in [0.05, 0.1) is 12.6 Å². The van der Waals surface area contributed by atoms with E-state index in [1.807, 2.05) is 31.2 Å². The number of rotatable bonds is 7. The number of hydrogen-bond donors (Lipinski definition) is 0. The van der Waals surface area contributed by atoms with Gasteiger partial charge in [0.2, 0.25) is 0 Å². The number of morpholine rings is 1. The van der Waals surface area contributed by atoms with Crippen LogP contribution in [0.4, 0.5) is 0 Å². The maximum Gasteiger partial charge on any atom is 0.154 e. The van der Waals surface area contributed by atoms with Crippen LogP contribution in [0.15, 0.2) is 60.7 Å². The maximum atomic E-state index is 12.9. The summed E-state index contributed by atoms with van der Waals surface area (Å²) in [5.41, 5.74) is 1.87. The van der Waals surface area contributed by atoms with Crippen LogP contribution >= 0.6 is 0 Å². The average molecular weight is 367 g/mol. The topological polar surface area (TPSA) is 32.8 Å². The van der Waals surface area contributed by atoms with E-state index in [2.05, 4.69) is 60.3 Å². The molecule has 1 aliphatic heterocycles. The molecule has 3 rings (SSSR count). The summed E-state index contributed by atoms with van der Waals surface area (Å²) in [6.07, 6.45) is 1.32. The van der Waals surface area contributed by atoms with Gasteiger partial charge in [-0.25, -0.2) is 0 Å². The van der Waals surface area contributed by atoms with Crippen molar-refractivity contribution in [3.63, 3.8) is 0 Å². The van der Waals surface area contributed by atoms with Crippen LogP contribution in [0.25, 0.3) is 0 Å². The summed E-state index contributed by atoms with van der Waals surface area (Å²) < 4.78 is 6.33. The molecule has 1 fully saturated rings. The van der Waals surface area contributed by atoms with Gasteiger partial charge >= 0.3 is 0 Å². The van der Waals surface area contributed by atoms with Crippen molar-refractivity contribution in [1.82, 2.24) is 9.80 Å². The molecule has 4 nitrogen and oxygen atoms in total. The van der Waals surface area contributed by atoms with E-state index >= 15 is 0 Å². The van der Waals surface area contributed by atoms with E-state index < -0.39 is 5.72 Å². The van der Waals surface area contributed by atoms with Crippen molar-refractivity contribution in [2.75, 3.05) is 33.8 Å². The normalized spacial score (nSPS) is 21.9. The minimum absolute atomic E-state index is 0.213. The Kier molecular flexibility index (Phi) is 6.42. The second-order valence-corrected chi connectivity index (χ2v) is 7.46. The van der Waals surface area contributed by atoms with Gasteiger partial charge in [0.25, 0.3) is 0 Å². The molecule has 144 valence electrons. The lowest BCUT2D eigenvalue weighted by Gasteiger charge is -2.48. The van der Waals surface area contributed by atoms with Crippen LogP contribution in [0.5, 0.6) is 0 Å². The first-order chi connectivity index (χ1) is 13.1. The van der Waals surface area contributed by atoms with Crippen molar-refractivity contribution in [3.05, 3.63) is 71.8 Å². The predicted molar refractivity (Wildman–Crippen MR) is 109 cm³/mol. The molecule has 0 spiro atoms. The molecule has 0 aromatic heterocycles. The van der Waals surface area contributed by atoms with Gasteiger partial charge in [-0.3, -0.25) is 14.6 Å². The Balaban J connectivity index is 1.90. The van der Waals surface area contributed by atoms with E-state index in [9.17, 15) is 4.79 Å². The summed E-state index contributed by atoms with van der Waals surface area (Å²) in [5.74, 6) is 0.260. The third-order valence-electron chi connectivity index (χ3n) is 5.47. The van der Waals surface area contributed by atoms with Crippen molar-refractivity contribution in [1.29, 1.82) is 0 Å². The zero-order valence-electron chi connectivity index (χ0n) is 16.6. The Labute approximate surface area is 162 Å². The second-order valence-electron chi connectivity index (χ2n) is 7.46. The lowest BCUT2D eigenvalue weighted by atomic mass is 9.94. The molecule has 2 atom stereocenters. The van der Waals surface area contributed by atoms with Gasteiger partial charge in [-0.15, -0.1) is 0 Å². The molecule has 0 saturated carbocycles. The van der Waals surface area contributed by atoms with Gasteiger partial charge in [0.15, 0.2) is 5.78 Å². The minimum Gasteiger partial charge on any atom is -0.357 e. The highest BCUT2D eigenvalue weighted by atomic mass is 16.5. The first-order valence-corrected chi connectivity index (χ1v) is 9.73. The Hall–Kier alpha value is -2.01. The third-order valence-corrected chi connectivity index (χ3v) is 5.47. The number of carbonyl (C=O) groups is 1. The van der Waals surface area contributed by atoms with E-state index in [1.54, 1.807) is 0 Å². The average Bonchev–Trinajstić information content (AvgIpc) is 2.70. The number of hydrogen-bond acceptors (Lipinski definition) is 4. The van der Waals surface area contributed by atoms with Gasteiger partial charge in [0.1, 0.15) is 5.72 Å². The molecule has 27 heavy (non-hydrogen) atoms. The Morgan fingerprint density at radius 1 is 1.11 bits per heavy atom. The van der Waals surface area contributed by atoms with Crippen LogP contribution in [-0.2, 0) is 16.0 Å². The number of Topliss-reactive ketones (excluding diaryl/α,β-unsaturated/α-hetero) is 1. The Bertz CT molecular complexity index is 733. The highest BCUT2D eigenvalue weighted by Gasteiger charge is 2.42. The van der Waals surface area contributed by atoms with Gasteiger partial charge in [-0.1, -0.05) is 67.6 Å². The lowest BCUT2D eigenvalue weighted by molar-refractivity contribution is -0.189. The summed E-state index contributed by atoms with van der Waals surface area (Å²) in [6.45, 7) is 4.02. The summed E-state index contributed by atoms with van der Waals surface area (Å²) in [5, 5.41) is 0. The van der Waals surface area contributed by atoms with E-state index in [-0.39, 0.29) is 11.8 Å². The first-order valence-electron chi connectivity index (χ1n) is 9.73. The van der Waals surface area contributed by atoms with E-state index in [4.69, 9.17) is 4.74 Å². The number of benzene rings is 2. The smallest absolute Gasteiger partial charge is 0.154 e. The van der Waals surface area contributed by atoms with Gasteiger partial charge in [-0.05, 0) is 25.2 Å². The number of likely N-dealkylation sites (N-methyl/N-ethyl adjacent to an activating group) is 1. The van der Waals surface area contributed by atoms with E-state index in [1.165, 1.54) is 5.56 Å². The number of carbonyl (C=O) groups excluding carboxylic acids is 1. The molecule has 0 amide bonds. The van der Waals surface area contributed by atoms with Crippen LogP contribution in [0.3, 0.4) is 0 Å². The quantitative estimate of drug-likeness (QED) is 0.750. The van der Waals surface area contributed by atoms with Gasteiger partial charge in [-0.2, -0.15) is 0 Å². The van der Waals surface area contributed by atoms with Gasteiger partial charge < -0.3 is 4.74 Å². The SMILES string of the molecule is CCC(=O)C(c1ccccc1)N1CCOC(Cc2ccccc2)(N(C)C)C1. The molecule has 0 radical (unpaired) electrons. The molecule has 1 aliphatic rings. The highest BCUT2D eigenvalue weighted by molar-refractivity contribution is 5.85. The summed E-state index contributed by atoms with van der Waals surface area (Å²) >= 11 is 0. The Morgan fingerprint density at radius 2 is 1.74 bits per heavy atom. The fourth-order valence-corrected chi connectivity index (χ4v) is 3.89. The summed E-state index contributed by atoms with van der Waals surface area (Å²) in [4.78, 5) is 17.3. The van der Waals surface area contributed by atoms with E-state index in [0.717, 1.165) is 18.5 Å². The van der Waals surface area contributed by atoms with Crippen molar-refractivity contribution >= 4 is 5.78 Å². The summed E-state index contributed by atoms with van der Waals surface area (Å²) in [7, 11) is 4.12. The van der Waals surface area contributed by atoms with E-state index in [0.29, 0.717) is 19.6 Å². The zero-order chi connectivity index (χ0) is 19.3.